The monoisotopic (exact) mass is 338 g/mol. The molecule has 2 unspecified atom stereocenters. The molecule has 1 aliphatic rings. The zero-order chi connectivity index (χ0) is 15.1. The number of carbonyl (C=O) groups is 2. The molecular weight excluding hydrogens is 320 g/mol. The third-order valence-corrected chi connectivity index (χ3v) is 4.33. The van der Waals surface area contributed by atoms with Crippen molar-refractivity contribution in [3.05, 3.63) is 28.2 Å². The number of benzene rings is 1. The molecule has 1 aromatic rings. The molecule has 1 saturated heterocycles. The van der Waals surface area contributed by atoms with Crippen LogP contribution in [-0.4, -0.2) is 23.4 Å². The molecule has 1 aromatic carbocycles. The molecule has 2 amide bonds. The summed E-state index contributed by atoms with van der Waals surface area (Å²) < 4.78 is 0.900. The molecule has 2 atom stereocenters. The first-order valence-corrected chi connectivity index (χ1v) is 7.50. The fraction of sp³-hybridized carbons (Fsp3) is 0.467. The Kier molecular flexibility index (Phi) is 3.91. The van der Waals surface area contributed by atoms with Crippen molar-refractivity contribution in [2.75, 3.05) is 4.90 Å². The summed E-state index contributed by atoms with van der Waals surface area (Å²) in [7, 11) is 0. The van der Waals surface area contributed by atoms with E-state index in [1.165, 1.54) is 0 Å². The zero-order valence-electron chi connectivity index (χ0n) is 12.2. The van der Waals surface area contributed by atoms with E-state index in [1.54, 1.807) is 18.7 Å². The summed E-state index contributed by atoms with van der Waals surface area (Å²) >= 11 is 3.44. The summed E-state index contributed by atoms with van der Waals surface area (Å²) in [6.45, 7) is 7.39. The van der Waals surface area contributed by atoms with E-state index in [-0.39, 0.29) is 11.8 Å². The van der Waals surface area contributed by atoms with Crippen molar-refractivity contribution in [3.8, 4) is 0 Å². The van der Waals surface area contributed by atoms with Crippen molar-refractivity contribution in [2.45, 2.75) is 45.7 Å². The first kappa shape index (κ1) is 15.0. The highest BCUT2D eigenvalue weighted by molar-refractivity contribution is 9.10. The average molecular weight is 339 g/mol. The third-order valence-electron chi connectivity index (χ3n) is 3.87. The molecule has 0 aromatic heterocycles. The van der Waals surface area contributed by atoms with E-state index in [4.69, 9.17) is 0 Å². The van der Waals surface area contributed by atoms with Crippen LogP contribution in [0.5, 0.6) is 0 Å². The number of rotatable bonds is 2. The maximum absolute atomic E-state index is 12.8. The number of carbonyl (C=O) groups excluding carboxylic acids is 2. The van der Waals surface area contributed by atoms with Gasteiger partial charge < -0.3 is 5.32 Å². The van der Waals surface area contributed by atoms with Crippen LogP contribution >= 0.6 is 15.9 Å². The lowest BCUT2D eigenvalue weighted by Gasteiger charge is -2.43. The standard InChI is InChI=1S/C15H19BrN2O2/c1-5-15(4)14(20)18(10(3)13(19)17-15)12-7-9(2)6-11(16)8-12/h6-8,10H,5H2,1-4H3,(H,17,19). The van der Waals surface area contributed by atoms with Gasteiger partial charge in [-0.1, -0.05) is 22.9 Å². The van der Waals surface area contributed by atoms with E-state index in [9.17, 15) is 9.59 Å². The molecule has 0 radical (unpaired) electrons. The molecule has 4 nitrogen and oxygen atoms in total. The van der Waals surface area contributed by atoms with Crippen LogP contribution in [0.15, 0.2) is 22.7 Å². The van der Waals surface area contributed by atoms with E-state index in [0.29, 0.717) is 6.42 Å². The number of nitrogens with zero attached hydrogens (tertiary/aromatic N) is 1. The Labute approximate surface area is 127 Å². The Bertz CT molecular complexity index is 553. The number of piperazine rings is 1. The summed E-state index contributed by atoms with van der Waals surface area (Å²) in [6.07, 6.45) is 0.563. The number of anilines is 1. The second-order valence-corrected chi connectivity index (χ2v) is 6.43. The number of aryl methyl sites for hydroxylation is 1. The summed E-state index contributed by atoms with van der Waals surface area (Å²) in [6, 6.07) is 5.27. The molecule has 1 aliphatic heterocycles. The van der Waals surface area contributed by atoms with Crippen LogP contribution in [0.2, 0.25) is 0 Å². The highest BCUT2D eigenvalue weighted by atomic mass is 79.9. The van der Waals surface area contributed by atoms with Crippen molar-refractivity contribution >= 4 is 33.4 Å². The SMILES string of the molecule is CCC1(C)NC(=O)C(C)N(c2cc(C)cc(Br)c2)C1=O. The maximum atomic E-state index is 12.8. The fourth-order valence-electron chi connectivity index (χ4n) is 2.43. The average Bonchev–Trinajstić information content (AvgIpc) is 2.36. The van der Waals surface area contributed by atoms with Crippen LogP contribution in [-0.2, 0) is 9.59 Å². The van der Waals surface area contributed by atoms with Crippen LogP contribution in [0.1, 0.15) is 32.8 Å². The summed E-state index contributed by atoms with van der Waals surface area (Å²) in [5.74, 6) is -0.184. The normalized spacial score (nSPS) is 26.6. The molecule has 108 valence electrons. The molecular formula is C15H19BrN2O2. The minimum atomic E-state index is -0.834. The summed E-state index contributed by atoms with van der Waals surface area (Å²) in [5, 5.41) is 2.83. The smallest absolute Gasteiger partial charge is 0.253 e. The molecule has 1 fully saturated rings. The summed E-state index contributed by atoms with van der Waals surface area (Å²) in [4.78, 5) is 26.5. The minimum Gasteiger partial charge on any atom is -0.340 e. The second-order valence-electron chi connectivity index (χ2n) is 5.51. The summed E-state index contributed by atoms with van der Waals surface area (Å²) in [5.41, 5.74) is 0.960. The predicted octanol–water partition coefficient (Wildman–Crippen LogP) is 2.78. The van der Waals surface area contributed by atoms with Crippen LogP contribution in [0, 0.1) is 6.92 Å². The molecule has 1 heterocycles. The Hall–Kier alpha value is -1.36. The highest BCUT2D eigenvalue weighted by Crippen LogP contribution is 2.30. The predicted molar refractivity (Wildman–Crippen MR) is 82.7 cm³/mol. The van der Waals surface area contributed by atoms with E-state index in [2.05, 4.69) is 21.2 Å². The molecule has 20 heavy (non-hydrogen) atoms. The van der Waals surface area contributed by atoms with Gasteiger partial charge in [-0.15, -0.1) is 0 Å². The highest BCUT2D eigenvalue weighted by Gasteiger charge is 2.45. The van der Waals surface area contributed by atoms with Crippen molar-refractivity contribution in [1.82, 2.24) is 5.32 Å². The number of nitrogens with one attached hydrogen (secondary N) is 1. The van der Waals surface area contributed by atoms with Gasteiger partial charge in [-0.25, -0.2) is 0 Å². The zero-order valence-corrected chi connectivity index (χ0v) is 13.7. The Balaban J connectivity index is 2.51. The number of amides is 2. The Morgan fingerprint density at radius 3 is 2.55 bits per heavy atom. The molecule has 0 aliphatic carbocycles. The van der Waals surface area contributed by atoms with E-state index >= 15 is 0 Å². The molecule has 1 N–H and O–H groups in total. The van der Waals surface area contributed by atoms with Gasteiger partial charge >= 0.3 is 0 Å². The first-order chi connectivity index (χ1) is 9.28. The van der Waals surface area contributed by atoms with Gasteiger partial charge in [0.05, 0.1) is 0 Å². The van der Waals surface area contributed by atoms with Gasteiger partial charge in [-0.3, -0.25) is 14.5 Å². The van der Waals surface area contributed by atoms with Gasteiger partial charge in [0.1, 0.15) is 11.6 Å². The number of halogens is 1. The maximum Gasteiger partial charge on any atom is 0.253 e. The lowest BCUT2D eigenvalue weighted by molar-refractivity contribution is -0.137. The van der Waals surface area contributed by atoms with E-state index in [1.807, 2.05) is 32.0 Å². The van der Waals surface area contributed by atoms with Gasteiger partial charge in [0, 0.05) is 10.2 Å². The van der Waals surface area contributed by atoms with E-state index in [0.717, 1.165) is 15.7 Å². The number of hydrogen-bond acceptors (Lipinski definition) is 2. The quantitative estimate of drug-likeness (QED) is 0.901. The molecule has 2 rings (SSSR count). The molecule has 0 bridgehead atoms. The number of hydrogen-bond donors (Lipinski definition) is 1. The van der Waals surface area contributed by atoms with Crippen LogP contribution in [0.25, 0.3) is 0 Å². The third kappa shape index (κ3) is 2.46. The lowest BCUT2D eigenvalue weighted by atomic mass is 9.91. The Morgan fingerprint density at radius 2 is 2.00 bits per heavy atom. The van der Waals surface area contributed by atoms with Gasteiger partial charge in [-0.05, 0) is 51.0 Å². The topological polar surface area (TPSA) is 49.4 Å². The van der Waals surface area contributed by atoms with E-state index < -0.39 is 11.6 Å². The van der Waals surface area contributed by atoms with Crippen LogP contribution in [0.3, 0.4) is 0 Å². The van der Waals surface area contributed by atoms with Crippen molar-refractivity contribution in [3.63, 3.8) is 0 Å². The minimum absolute atomic E-state index is 0.0652. The van der Waals surface area contributed by atoms with Crippen LogP contribution < -0.4 is 10.2 Å². The lowest BCUT2D eigenvalue weighted by Crippen LogP contribution is -2.68. The van der Waals surface area contributed by atoms with Crippen LogP contribution in [0.4, 0.5) is 5.69 Å². The van der Waals surface area contributed by atoms with Gasteiger partial charge in [0.15, 0.2) is 0 Å². The molecule has 0 spiro atoms. The Morgan fingerprint density at radius 1 is 1.35 bits per heavy atom. The van der Waals surface area contributed by atoms with Crippen molar-refractivity contribution in [2.24, 2.45) is 0 Å². The molecule has 0 saturated carbocycles. The largest absolute Gasteiger partial charge is 0.340 e. The van der Waals surface area contributed by atoms with Gasteiger partial charge in [0.25, 0.3) is 5.91 Å². The van der Waals surface area contributed by atoms with Gasteiger partial charge in [0.2, 0.25) is 5.91 Å². The second kappa shape index (κ2) is 5.20. The fourth-order valence-corrected chi connectivity index (χ4v) is 3.02. The van der Waals surface area contributed by atoms with Crippen molar-refractivity contribution < 1.29 is 9.59 Å². The van der Waals surface area contributed by atoms with Crippen molar-refractivity contribution in [1.29, 1.82) is 0 Å². The first-order valence-electron chi connectivity index (χ1n) is 6.71. The molecule has 5 heteroatoms. The van der Waals surface area contributed by atoms with Gasteiger partial charge in [-0.2, -0.15) is 0 Å².